The Morgan fingerprint density at radius 2 is 1.54 bits per heavy atom. The van der Waals surface area contributed by atoms with Crippen LogP contribution < -0.4 is 10.8 Å². The minimum atomic E-state index is -1.52. The average molecular weight is 394 g/mol. The van der Waals surface area contributed by atoms with Crippen molar-refractivity contribution in [2.45, 2.75) is 52.8 Å². The summed E-state index contributed by atoms with van der Waals surface area (Å²) in [6.07, 6.45) is 0.443. The fraction of sp³-hybridized carbons (Fsp3) is 0.550. The predicted molar refractivity (Wildman–Crippen MR) is 103 cm³/mol. The normalized spacial score (nSPS) is 11.9. The molecule has 0 saturated carbocycles. The third-order valence-corrected chi connectivity index (χ3v) is 3.66. The molecular weight excluding hydrogens is 364 g/mol. The second-order valence-corrected chi connectivity index (χ2v) is 6.52. The van der Waals surface area contributed by atoms with Crippen molar-refractivity contribution in [3.8, 4) is 0 Å². The SMILES string of the molecule is CCOC(=O)C(NC(=O)C(CC(C)C)NOCc1ccccc1)C(=O)OCC. The van der Waals surface area contributed by atoms with E-state index >= 15 is 0 Å². The van der Waals surface area contributed by atoms with Crippen LogP contribution in [0.25, 0.3) is 0 Å². The van der Waals surface area contributed by atoms with Crippen LogP contribution in [-0.2, 0) is 35.3 Å². The van der Waals surface area contributed by atoms with Crippen LogP contribution in [0.1, 0.15) is 39.7 Å². The van der Waals surface area contributed by atoms with E-state index < -0.39 is 29.9 Å². The molecule has 8 heteroatoms. The van der Waals surface area contributed by atoms with Crippen molar-refractivity contribution in [2.24, 2.45) is 5.92 Å². The zero-order chi connectivity index (χ0) is 20.9. The number of hydroxylamine groups is 1. The van der Waals surface area contributed by atoms with Crippen LogP contribution in [0.5, 0.6) is 0 Å². The van der Waals surface area contributed by atoms with Crippen LogP contribution in [-0.4, -0.2) is 43.1 Å². The van der Waals surface area contributed by atoms with Crippen molar-refractivity contribution in [3.63, 3.8) is 0 Å². The van der Waals surface area contributed by atoms with Crippen molar-refractivity contribution in [1.29, 1.82) is 0 Å². The van der Waals surface area contributed by atoms with Crippen molar-refractivity contribution in [2.75, 3.05) is 13.2 Å². The van der Waals surface area contributed by atoms with Gasteiger partial charge in [-0.25, -0.2) is 9.59 Å². The largest absolute Gasteiger partial charge is 0.464 e. The van der Waals surface area contributed by atoms with Crippen LogP contribution in [0.3, 0.4) is 0 Å². The quantitative estimate of drug-likeness (QED) is 0.316. The van der Waals surface area contributed by atoms with E-state index in [1.165, 1.54) is 0 Å². The lowest BCUT2D eigenvalue weighted by Crippen LogP contribution is -2.54. The van der Waals surface area contributed by atoms with E-state index in [1.807, 2.05) is 44.2 Å². The van der Waals surface area contributed by atoms with Gasteiger partial charge in [0.25, 0.3) is 0 Å². The lowest BCUT2D eigenvalue weighted by atomic mass is 10.0. The number of esters is 2. The minimum Gasteiger partial charge on any atom is -0.464 e. The van der Waals surface area contributed by atoms with Gasteiger partial charge < -0.3 is 14.8 Å². The van der Waals surface area contributed by atoms with Gasteiger partial charge in [-0.05, 0) is 31.7 Å². The number of hydrogen-bond acceptors (Lipinski definition) is 7. The second-order valence-electron chi connectivity index (χ2n) is 6.52. The highest BCUT2D eigenvalue weighted by Gasteiger charge is 2.33. The Bertz CT molecular complexity index is 602. The summed E-state index contributed by atoms with van der Waals surface area (Å²) >= 11 is 0. The molecule has 156 valence electrons. The van der Waals surface area contributed by atoms with Gasteiger partial charge in [0, 0.05) is 0 Å². The number of rotatable bonds is 12. The molecule has 1 atom stereocenters. The first-order valence-corrected chi connectivity index (χ1v) is 9.43. The Balaban J connectivity index is 2.76. The summed E-state index contributed by atoms with van der Waals surface area (Å²) < 4.78 is 9.73. The molecule has 1 aromatic carbocycles. The maximum absolute atomic E-state index is 12.7. The summed E-state index contributed by atoms with van der Waals surface area (Å²) in [5.74, 6) is -2.09. The van der Waals surface area contributed by atoms with Gasteiger partial charge in [-0.15, -0.1) is 0 Å². The summed E-state index contributed by atoms with van der Waals surface area (Å²) in [5, 5.41) is 2.41. The number of amides is 1. The number of carbonyl (C=O) groups excluding carboxylic acids is 3. The Labute approximate surface area is 165 Å². The van der Waals surface area contributed by atoms with Crippen LogP contribution in [0.2, 0.25) is 0 Å². The van der Waals surface area contributed by atoms with Crippen molar-refractivity contribution in [1.82, 2.24) is 10.8 Å². The van der Waals surface area contributed by atoms with Crippen LogP contribution >= 0.6 is 0 Å². The molecule has 0 fully saturated rings. The minimum absolute atomic E-state index is 0.0818. The van der Waals surface area contributed by atoms with Crippen molar-refractivity contribution >= 4 is 17.8 Å². The molecule has 8 nitrogen and oxygen atoms in total. The van der Waals surface area contributed by atoms with Gasteiger partial charge in [0.2, 0.25) is 11.9 Å². The number of nitrogens with one attached hydrogen (secondary N) is 2. The van der Waals surface area contributed by atoms with E-state index in [4.69, 9.17) is 14.3 Å². The Morgan fingerprint density at radius 1 is 0.964 bits per heavy atom. The Morgan fingerprint density at radius 3 is 2.04 bits per heavy atom. The lowest BCUT2D eigenvalue weighted by Gasteiger charge is -2.22. The highest BCUT2D eigenvalue weighted by molar-refractivity contribution is 6.03. The fourth-order valence-corrected chi connectivity index (χ4v) is 2.39. The predicted octanol–water partition coefficient (Wildman–Crippen LogP) is 1.73. The first-order chi connectivity index (χ1) is 13.4. The number of ether oxygens (including phenoxy) is 2. The molecule has 0 bridgehead atoms. The molecule has 2 N–H and O–H groups in total. The molecule has 1 rings (SSSR count). The smallest absolute Gasteiger partial charge is 0.340 e. The summed E-state index contributed by atoms with van der Waals surface area (Å²) in [5.41, 5.74) is 3.67. The standard InChI is InChI=1S/C20H30N2O6/c1-5-26-19(24)17(20(25)27-6-2)21-18(23)16(12-14(3)4)22-28-13-15-10-8-7-9-11-15/h7-11,14,16-17,22H,5-6,12-13H2,1-4H3,(H,21,23). The fourth-order valence-electron chi connectivity index (χ4n) is 2.39. The maximum Gasteiger partial charge on any atom is 0.340 e. The van der Waals surface area contributed by atoms with Gasteiger partial charge in [-0.1, -0.05) is 44.2 Å². The maximum atomic E-state index is 12.7. The van der Waals surface area contributed by atoms with E-state index in [1.54, 1.807) is 13.8 Å². The first-order valence-electron chi connectivity index (χ1n) is 9.43. The van der Waals surface area contributed by atoms with E-state index in [9.17, 15) is 14.4 Å². The molecule has 1 amide bonds. The third kappa shape index (κ3) is 8.49. The van der Waals surface area contributed by atoms with Crippen LogP contribution in [0, 0.1) is 5.92 Å². The third-order valence-electron chi connectivity index (χ3n) is 3.66. The van der Waals surface area contributed by atoms with Crippen molar-refractivity contribution < 1.29 is 28.7 Å². The molecule has 0 radical (unpaired) electrons. The van der Waals surface area contributed by atoms with Crippen LogP contribution in [0.4, 0.5) is 0 Å². The Kier molecular flexibility index (Phi) is 10.8. The zero-order valence-corrected chi connectivity index (χ0v) is 16.9. The number of hydrogen-bond donors (Lipinski definition) is 2. The second kappa shape index (κ2) is 12.9. The van der Waals surface area contributed by atoms with Gasteiger partial charge >= 0.3 is 11.9 Å². The molecule has 1 unspecified atom stereocenters. The molecule has 0 saturated heterocycles. The molecule has 0 aliphatic heterocycles. The molecule has 0 aromatic heterocycles. The average Bonchev–Trinajstić information content (AvgIpc) is 2.66. The summed E-state index contributed by atoms with van der Waals surface area (Å²) in [7, 11) is 0. The van der Waals surface area contributed by atoms with Gasteiger partial charge in [-0.3, -0.25) is 9.63 Å². The molecule has 0 heterocycles. The van der Waals surface area contributed by atoms with E-state index in [2.05, 4.69) is 10.8 Å². The van der Waals surface area contributed by atoms with E-state index in [0.29, 0.717) is 6.42 Å². The van der Waals surface area contributed by atoms with Crippen LogP contribution in [0.15, 0.2) is 30.3 Å². The monoisotopic (exact) mass is 394 g/mol. The molecule has 0 spiro atoms. The summed E-state index contributed by atoms with van der Waals surface area (Å²) in [6, 6.07) is 7.21. The molecule has 28 heavy (non-hydrogen) atoms. The van der Waals surface area contributed by atoms with Crippen molar-refractivity contribution in [3.05, 3.63) is 35.9 Å². The molecule has 0 aliphatic carbocycles. The summed E-state index contributed by atoms with van der Waals surface area (Å²) in [6.45, 7) is 7.56. The van der Waals surface area contributed by atoms with E-state index in [-0.39, 0.29) is 25.7 Å². The molecule has 1 aromatic rings. The molecule has 0 aliphatic rings. The van der Waals surface area contributed by atoms with Gasteiger partial charge in [0.05, 0.1) is 19.8 Å². The number of carbonyl (C=O) groups is 3. The summed E-state index contributed by atoms with van der Waals surface area (Å²) in [4.78, 5) is 42.2. The van der Waals surface area contributed by atoms with Gasteiger partial charge in [-0.2, -0.15) is 5.48 Å². The zero-order valence-electron chi connectivity index (χ0n) is 16.9. The lowest BCUT2D eigenvalue weighted by molar-refractivity contribution is -0.160. The Hall–Kier alpha value is -2.45. The van der Waals surface area contributed by atoms with E-state index in [0.717, 1.165) is 5.56 Å². The first kappa shape index (κ1) is 23.6. The highest BCUT2D eigenvalue weighted by atomic mass is 16.6. The number of benzene rings is 1. The highest BCUT2D eigenvalue weighted by Crippen LogP contribution is 2.07. The van der Waals surface area contributed by atoms with Gasteiger partial charge in [0.15, 0.2) is 0 Å². The molecular formula is C20H30N2O6. The van der Waals surface area contributed by atoms with Gasteiger partial charge in [0.1, 0.15) is 6.04 Å². The topological polar surface area (TPSA) is 103 Å².